The minimum absolute atomic E-state index is 0.472. The fourth-order valence-electron chi connectivity index (χ4n) is 2.70. The van der Waals surface area contributed by atoms with Gasteiger partial charge in [0.1, 0.15) is 6.33 Å². The highest BCUT2D eigenvalue weighted by Gasteiger charge is 2.06. The van der Waals surface area contributed by atoms with Crippen molar-refractivity contribution in [2.24, 2.45) is 0 Å². The number of nitrogens with one attached hydrogen (secondary N) is 2. The first kappa shape index (κ1) is 19.0. The van der Waals surface area contributed by atoms with E-state index in [0.717, 1.165) is 12.1 Å². The van der Waals surface area contributed by atoms with Gasteiger partial charge in [-0.1, -0.05) is 55.8 Å². The lowest BCUT2D eigenvalue weighted by Crippen LogP contribution is -2.20. The molecule has 0 fully saturated rings. The van der Waals surface area contributed by atoms with Crippen molar-refractivity contribution < 1.29 is 0 Å². The van der Waals surface area contributed by atoms with Gasteiger partial charge in [0.05, 0.1) is 6.54 Å². The number of hydrogen-bond donors (Lipinski definition) is 2. The van der Waals surface area contributed by atoms with E-state index >= 15 is 0 Å². The van der Waals surface area contributed by atoms with E-state index in [1.54, 1.807) is 11.0 Å². The Morgan fingerprint density at radius 3 is 2.44 bits per heavy atom. The summed E-state index contributed by atoms with van der Waals surface area (Å²) in [6, 6.07) is 16.7. The Labute approximate surface area is 165 Å². The zero-order valence-electron chi connectivity index (χ0n) is 15.9. The lowest BCUT2D eigenvalue weighted by atomic mass is 9.99. The number of aromatic nitrogens is 3. The Morgan fingerprint density at radius 2 is 1.78 bits per heavy atom. The molecule has 0 aliphatic heterocycles. The van der Waals surface area contributed by atoms with Crippen molar-refractivity contribution in [2.45, 2.75) is 39.7 Å². The van der Waals surface area contributed by atoms with Crippen LogP contribution in [-0.2, 0) is 6.54 Å². The summed E-state index contributed by atoms with van der Waals surface area (Å²) in [7, 11) is 0. The molecule has 0 bridgehead atoms. The predicted molar refractivity (Wildman–Crippen MR) is 115 cm³/mol. The molecular weight excluding hydrogens is 354 g/mol. The Bertz CT molecular complexity index is 884. The fourth-order valence-corrected chi connectivity index (χ4v) is 2.91. The molecule has 2 N–H and O–H groups in total. The van der Waals surface area contributed by atoms with Crippen molar-refractivity contribution in [3.05, 3.63) is 71.5 Å². The summed E-state index contributed by atoms with van der Waals surface area (Å²) in [5, 5.41) is 11.1. The first-order valence-corrected chi connectivity index (χ1v) is 9.57. The topological polar surface area (TPSA) is 54.8 Å². The van der Waals surface area contributed by atoms with Crippen molar-refractivity contribution >= 4 is 29.0 Å². The first-order valence-electron chi connectivity index (χ1n) is 9.16. The van der Waals surface area contributed by atoms with Crippen LogP contribution in [0.2, 0.25) is 0 Å². The lowest BCUT2D eigenvalue weighted by molar-refractivity contribution is 0.687. The molecule has 0 spiro atoms. The zero-order chi connectivity index (χ0) is 19.2. The van der Waals surface area contributed by atoms with E-state index in [-0.39, 0.29) is 0 Å². The highest BCUT2D eigenvalue weighted by atomic mass is 32.1. The van der Waals surface area contributed by atoms with Gasteiger partial charge >= 0.3 is 0 Å². The van der Waals surface area contributed by atoms with Crippen LogP contribution in [-0.4, -0.2) is 19.9 Å². The second kappa shape index (κ2) is 8.77. The van der Waals surface area contributed by atoms with Gasteiger partial charge < -0.3 is 5.32 Å². The maximum absolute atomic E-state index is 5.37. The molecule has 0 aliphatic rings. The van der Waals surface area contributed by atoms with Gasteiger partial charge in [-0.25, -0.2) is 9.67 Å². The van der Waals surface area contributed by atoms with Gasteiger partial charge in [-0.15, -0.1) is 5.10 Å². The van der Waals surface area contributed by atoms with Crippen LogP contribution < -0.4 is 10.6 Å². The number of thiocarbonyl (C=S) groups is 1. The average molecular weight is 380 g/mol. The van der Waals surface area contributed by atoms with Crippen LogP contribution in [0.4, 0.5) is 11.6 Å². The van der Waals surface area contributed by atoms with E-state index in [1.165, 1.54) is 16.7 Å². The van der Waals surface area contributed by atoms with Gasteiger partial charge in [-0.2, -0.15) is 0 Å². The van der Waals surface area contributed by atoms with E-state index in [2.05, 4.69) is 77.9 Å². The number of rotatable bonds is 6. The summed E-state index contributed by atoms with van der Waals surface area (Å²) in [6.45, 7) is 7.17. The maximum Gasteiger partial charge on any atom is 0.248 e. The molecule has 2 aromatic carbocycles. The molecule has 140 valence electrons. The Balaban J connectivity index is 1.55. The number of nitrogens with zero attached hydrogens (tertiary/aromatic N) is 3. The van der Waals surface area contributed by atoms with Crippen LogP contribution >= 0.6 is 12.2 Å². The van der Waals surface area contributed by atoms with Crippen molar-refractivity contribution in [3.8, 4) is 0 Å². The van der Waals surface area contributed by atoms with Gasteiger partial charge in [-0.05, 0) is 54.7 Å². The number of anilines is 2. The molecule has 1 atom stereocenters. The van der Waals surface area contributed by atoms with Crippen molar-refractivity contribution in [1.29, 1.82) is 0 Å². The summed E-state index contributed by atoms with van der Waals surface area (Å²) in [5.74, 6) is 1.04. The molecule has 1 heterocycles. The summed E-state index contributed by atoms with van der Waals surface area (Å²) in [5.41, 5.74) is 4.70. The highest BCUT2D eigenvalue weighted by molar-refractivity contribution is 7.80. The third kappa shape index (κ3) is 5.37. The zero-order valence-corrected chi connectivity index (χ0v) is 16.8. The van der Waals surface area contributed by atoms with Gasteiger partial charge in [0.2, 0.25) is 5.95 Å². The Hall–Kier alpha value is -2.73. The van der Waals surface area contributed by atoms with Crippen LogP contribution in [0.15, 0.2) is 54.9 Å². The Kier molecular flexibility index (Phi) is 6.19. The largest absolute Gasteiger partial charge is 0.332 e. The maximum atomic E-state index is 5.37. The van der Waals surface area contributed by atoms with E-state index in [1.807, 2.05) is 12.1 Å². The highest BCUT2D eigenvalue weighted by Crippen LogP contribution is 2.20. The molecule has 0 amide bonds. The number of benzene rings is 2. The van der Waals surface area contributed by atoms with Crippen molar-refractivity contribution in [2.75, 3.05) is 10.6 Å². The predicted octanol–water partition coefficient (Wildman–Crippen LogP) is 4.96. The standard InChI is InChI=1S/C21H25N5S/c1-4-16(3)18-9-11-19(12-10-18)23-21(27)24-20-22-14-26(25-20)13-17-7-5-15(2)6-8-17/h5-12,14,16H,4,13H2,1-3H3,(H2,23,24,25,27). The van der Waals surface area contributed by atoms with Gasteiger partial charge in [-0.3, -0.25) is 5.32 Å². The molecule has 0 radical (unpaired) electrons. The van der Waals surface area contributed by atoms with Gasteiger partial charge in [0, 0.05) is 5.69 Å². The normalized spacial score (nSPS) is 11.8. The monoisotopic (exact) mass is 379 g/mol. The second-order valence-electron chi connectivity index (χ2n) is 6.76. The van der Waals surface area contributed by atoms with E-state index in [4.69, 9.17) is 12.2 Å². The molecule has 5 nitrogen and oxygen atoms in total. The van der Waals surface area contributed by atoms with Crippen LogP contribution in [0, 0.1) is 6.92 Å². The van der Waals surface area contributed by atoms with Crippen LogP contribution in [0.3, 0.4) is 0 Å². The smallest absolute Gasteiger partial charge is 0.248 e. The quantitative estimate of drug-likeness (QED) is 0.593. The fraction of sp³-hybridized carbons (Fsp3) is 0.286. The molecule has 27 heavy (non-hydrogen) atoms. The summed E-state index contributed by atoms with van der Waals surface area (Å²) >= 11 is 5.37. The lowest BCUT2D eigenvalue weighted by Gasteiger charge is -2.11. The van der Waals surface area contributed by atoms with E-state index in [9.17, 15) is 0 Å². The van der Waals surface area contributed by atoms with E-state index < -0.39 is 0 Å². The molecule has 3 aromatic rings. The SMILES string of the molecule is CCC(C)c1ccc(NC(=S)Nc2ncn(Cc3ccc(C)cc3)n2)cc1. The minimum atomic E-state index is 0.472. The molecule has 0 saturated carbocycles. The van der Waals surface area contributed by atoms with Crippen LogP contribution in [0.5, 0.6) is 0 Å². The van der Waals surface area contributed by atoms with Gasteiger partial charge in [0.15, 0.2) is 5.11 Å². The second-order valence-corrected chi connectivity index (χ2v) is 7.17. The molecule has 1 unspecified atom stereocenters. The van der Waals surface area contributed by atoms with Crippen molar-refractivity contribution in [1.82, 2.24) is 14.8 Å². The minimum Gasteiger partial charge on any atom is -0.332 e. The third-order valence-electron chi connectivity index (χ3n) is 4.58. The summed E-state index contributed by atoms with van der Waals surface area (Å²) in [6.07, 6.45) is 2.83. The molecule has 3 rings (SSSR count). The summed E-state index contributed by atoms with van der Waals surface area (Å²) < 4.78 is 1.79. The molecule has 0 aliphatic carbocycles. The average Bonchev–Trinajstić information content (AvgIpc) is 3.10. The first-order chi connectivity index (χ1) is 13.0. The van der Waals surface area contributed by atoms with Crippen molar-refractivity contribution in [3.63, 3.8) is 0 Å². The molecule has 0 saturated heterocycles. The third-order valence-corrected chi connectivity index (χ3v) is 4.78. The van der Waals surface area contributed by atoms with E-state index in [0.29, 0.717) is 23.5 Å². The van der Waals surface area contributed by atoms with Gasteiger partial charge in [0.25, 0.3) is 0 Å². The molecule has 1 aromatic heterocycles. The summed E-state index contributed by atoms with van der Waals surface area (Å²) in [4.78, 5) is 4.27. The molecular formula is C21H25N5S. The number of aryl methyl sites for hydroxylation is 1. The number of hydrogen-bond acceptors (Lipinski definition) is 3. The van der Waals surface area contributed by atoms with Crippen LogP contribution in [0.1, 0.15) is 42.9 Å². The molecule has 6 heteroatoms. The Morgan fingerprint density at radius 1 is 1.07 bits per heavy atom. The van der Waals surface area contributed by atoms with Crippen LogP contribution in [0.25, 0.3) is 0 Å².